The van der Waals surface area contributed by atoms with E-state index in [1.165, 1.54) is 144 Å². The molecule has 0 saturated carbocycles. The molecule has 2 aliphatic carbocycles. The van der Waals surface area contributed by atoms with Crippen LogP contribution >= 0.6 is 0 Å². The summed E-state index contributed by atoms with van der Waals surface area (Å²) in [6, 6.07) is 142. The molecule has 18 aromatic rings. The van der Waals surface area contributed by atoms with E-state index in [2.05, 4.69) is 435 Å². The summed E-state index contributed by atoms with van der Waals surface area (Å²) in [6.07, 6.45) is 0. The van der Waals surface area contributed by atoms with Gasteiger partial charge in [0.2, 0.25) is 0 Å². The van der Waals surface area contributed by atoms with Crippen molar-refractivity contribution in [2.24, 2.45) is 0 Å². The largest absolute Gasteiger partial charge is 0.310 e. The van der Waals surface area contributed by atoms with Crippen LogP contribution in [0.3, 0.4) is 0 Å². The van der Waals surface area contributed by atoms with Crippen LogP contribution < -0.4 is 9.80 Å². The molecule has 0 N–H and O–H groups in total. The molecule has 0 saturated heterocycles. The number of anilines is 6. The molecule has 2 aliphatic rings. The van der Waals surface area contributed by atoms with E-state index in [1.54, 1.807) is 0 Å². The molecular formula is C102H76N4. The Bertz CT molecular complexity index is 6350. The maximum absolute atomic E-state index is 2.41. The summed E-state index contributed by atoms with van der Waals surface area (Å²) in [7, 11) is 0. The van der Waals surface area contributed by atoms with Crippen molar-refractivity contribution in [3.05, 3.63) is 411 Å². The van der Waals surface area contributed by atoms with Crippen molar-refractivity contribution >= 4 is 77.7 Å². The number of hydrogen-bond donors (Lipinski definition) is 0. The zero-order valence-corrected chi connectivity index (χ0v) is 59.7. The van der Waals surface area contributed by atoms with E-state index in [0.29, 0.717) is 0 Å². The Morgan fingerprint density at radius 2 is 0.481 bits per heavy atom. The van der Waals surface area contributed by atoms with Crippen molar-refractivity contribution in [1.29, 1.82) is 0 Å². The van der Waals surface area contributed by atoms with Crippen LogP contribution in [0.1, 0.15) is 49.9 Å². The summed E-state index contributed by atoms with van der Waals surface area (Å²) in [5.41, 5.74) is 34.2. The highest BCUT2D eigenvalue weighted by molar-refractivity contribution is 6.12. The van der Waals surface area contributed by atoms with E-state index >= 15 is 0 Å². The third-order valence-electron chi connectivity index (χ3n) is 22.4. The van der Waals surface area contributed by atoms with E-state index in [9.17, 15) is 0 Å². The second-order valence-corrected chi connectivity index (χ2v) is 29.2. The molecule has 0 aliphatic heterocycles. The molecule has 106 heavy (non-hydrogen) atoms. The first kappa shape index (κ1) is 63.6. The summed E-state index contributed by atoms with van der Waals surface area (Å²) >= 11 is 0. The maximum Gasteiger partial charge on any atom is 0.0541 e. The minimum atomic E-state index is -0.0963. The van der Waals surface area contributed by atoms with Crippen LogP contribution in [0.2, 0.25) is 0 Å². The standard InChI is InChI=1S/2C51H38N2/c1-51(2)47-22-11-9-20-43(47)44-30-29-42(34-48(44)51)52(40-27-24-36(25-28-40)35-14-5-3-6-15-35)41-19-13-16-37(32-41)38-26-31-50-46(33-38)45-21-10-12-23-49(45)53(50)39-17-7-4-8-18-39;1-51(2)47-19-11-9-17-43(47)44-31-30-42(34-48(44)51)52(40-26-21-36(22-27-40)35-13-5-3-6-14-35)41-28-23-37(24-29-41)38-25-32-50-46(33-38)45-18-10-12-20-49(45)53(50)39-15-7-4-8-16-39/h2*3-34H,1-2H3. The third kappa shape index (κ3) is 10.9. The highest BCUT2D eigenvalue weighted by Crippen LogP contribution is 2.53. The Kier molecular flexibility index (Phi) is 15.5. The molecule has 20 rings (SSSR count). The number of rotatable bonds is 12. The number of hydrogen-bond acceptors (Lipinski definition) is 2. The van der Waals surface area contributed by atoms with E-state index in [0.717, 1.165) is 34.1 Å². The van der Waals surface area contributed by atoms with Gasteiger partial charge in [-0.1, -0.05) is 282 Å². The Morgan fingerprint density at radius 3 is 0.925 bits per heavy atom. The van der Waals surface area contributed by atoms with Crippen LogP contribution in [0.4, 0.5) is 34.1 Å². The number of benzene rings is 16. The van der Waals surface area contributed by atoms with Crippen LogP contribution in [0.5, 0.6) is 0 Å². The van der Waals surface area contributed by atoms with Gasteiger partial charge >= 0.3 is 0 Å². The number of nitrogens with zero attached hydrogens (tertiary/aromatic N) is 4. The second kappa shape index (κ2) is 25.9. The molecule has 0 bridgehead atoms. The molecule has 0 amide bonds. The SMILES string of the molecule is CC1(C)c2ccccc2-c2ccc(N(c3ccc(-c4ccccc4)cc3)c3ccc(-c4ccc5c(c4)c4ccccc4n5-c4ccccc4)cc3)cc21.CC1(C)c2ccccc2-c2ccc(N(c3ccc(-c4ccccc4)cc3)c3cccc(-c4ccc5c(c4)c4ccccc4n5-c4ccccc4)c3)cc21. The van der Waals surface area contributed by atoms with Crippen molar-refractivity contribution < 1.29 is 0 Å². The van der Waals surface area contributed by atoms with Gasteiger partial charge in [-0.05, 0) is 222 Å². The fraction of sp³-hybridized carbons (Fsp3) is 0.0588. The van der Waals surface area contributed by atoms with E-state index in [-0.39, 0.29) is 10.8 Å². The Morgan fingerprint density at radius 1 is 0.189 bits per heavy atom. The van der Waals surface area contributed by atoms with Gasteiger partial charge in [0.25, 0.3) is 0 Å². The normalized spacial score (nSPS) is 12.9. The van der Waals surface area contributed by atoms with Crippen molar-refractivity contribution in [1.82, 2.24) is 9.13 Å². The van der Waals surface area contributed by atoms with Gasteiger partial charge in [-0.3, -0.25) is 0 Å². The first-order chi connectivity index (χ1) is 52.1. The smallest absolute Gasteiger partial charge is 0.0541 e. The van der Waals surface area contributed by atoms with Gasteiger partial charge in [0, 0.05) is 77.9 Å². The Balaban J connectivity index is 0.000000145. The molecule has 0 atom stereocenters. The van der Waals surface area contributed by atoms with Gasteiger partial charge in [-0.2, -0.15) is 0 Å². The van der Waals surface area contributed by atoms with Gasteiger partial charge in [-0.15, -0.1) is 0 Å². The van der Waals surface area contributed by atoms with Crippen LogP contribution in [0.15, 0.2) is 388 Å². The molecule has 504 valence electrons. The fourth-order valence-electron chi connectivity index (χ4n) is 17.1. The fourth-order valence-corrected chi connectivity index (χ4v) is 17.1. The predicted molar refractivity (Wildman–Crippen MR) is 448 cm³/mol. The minimum absolute atomic E-state index is 0.0864. The summed E-state index contributed by atoms with van der Waals surface area (Å²) < 4.78 is 4.74. The lowest BCUT2D eigenvalue weighted by atomic mass is 9.82. The number of aromatic nitrogens is 2. The molecule has 0 unspecified atom stereocenters. The van der Waals surface area contributed by atoms with Gasteiger partial charge in [0.05, 0.1) is 22.1 Å². The van der Waals surface area contributed by atoms with Crippen molar-refractivity contribution in [3.8, 4) is 78.1 Å². The van der Waals surface area contributed by atoms with Gasteiger partial charge in [-0.25, -0.2) is 0 Å². The van der Waals surface area contributed by atoms with Crippen molar-refractivity contribution in [2.75, 3.05) is 9.80 Å². The maximum atomic E-state index is 2.41. The monoisotopic (exact) mass is 1360 g/mol. The molecule has 0 radical (unpaired) electrons. The van der Waals surface area contributed by atoms with Crippen LogP contribution in [-0.2, 0) is 10.8 Å². The van der Waals surface area contributed by atoms with Crippen LogP contribution in [-0.4, -0.2) is 9.13 Å². The topological polar surface area (TPSA) is 16.3 Å². The average molecular weight is 1360 g/mol. The van der Waals surface area contributed by atoms with Gasteiger partial charge < -0.3 is 18.9 Å². The molecule has 4 heteroatoms. The van der Waals surface area contributed by atoms with Crippen LogP contribution in [0.25, 0.3) is 122 Å². The van der Waals surface area contributed by atoms with E-state index in [1.807, 2.05) is 0 Å². The van der Waals surface area contributed by atoms with E-state index < -0.39 is 0 Å². The summed E-state index contributed by atoms with van der Waals surface area (Å²) in [4.78, 5) is 4.81. The Labute approximate surface area is 619 Å². The van der Waals surface area contributed by atoms with Gasteiger partial charge in [0.1, 0.15) is 0 Å². The number of fused-ring (bicyclic) bond motifs is 12. The molecule has 4 nitrogen and oxygen atoms in total. The Hall–Kier alpha value is -13.3. The zero-order valence-electron chi connectivity index (χ0n) is 59.7. The quantitative estimate of drug-likeness (QED) is 0.121. The lowest BCUT2D eigenvalue weighted by Gasteiger charge is -2.28. The molecule has 16 aromatic carbocycles. The summed E-state index contributed by atoms with van der Waals surface area (Å²) in [6.45, 7) is 9.41. The second-order valence-electron chi connectivity index (χ2n) is 29.2. The van der Waals surface area contributed by atoms with Crippen molar-refractivity contribution in [3.63, 3.8) is 0 Å². The predicted octanol–water partition coefficient (Wildman–Crippen LogP) is 27.8. The molecular weight excluding hydrogens is 1280 g/mol. The third-order valence-corrected chi connectivity index (χ3v) is 22.4. The average Bonchev–Trinajstić information content (AvgIpc) is 1.66. The minimum Gasteiger partial charge on any atom is -0.310 e. The highest BCUT2D eigenvalue weighted by Gasteiger charge is 2.37. The van der Waals surface area contributed by atoms with Crippen LogP contribution in [0, 0.1) is 0 Å². The lowest BCUT2D eigenvalue weighted by Crippen LogP contribution is -2.16. The zero-order chi connectivity index (χ0) is 71.0. The molecule has 2 aromatic heterocycles. The van der Waals surface area contributed by atoms with E-state index in [4.69, 9.17) is 0 Å². The number of para-hydroxylation sites is 4. The highest BCUT2D eigenvalue weighted by atomic mass is 15.1. The molecule has 0 fully saturated rings. The lowest BCUT2D eigenvalue weighted by molar-refractivity contribution is 0.660. The first-order valence-corrected chi connectivity index (χ1v) is 36.9. The molecule has 2 heterocycles. The summed E-state index contributed by atoms with van der Waals surface area (Å²) in [5.74, 6) is 0. The van der Waals surface area contributed by atoms with Gasteiger partial charge in [0.15, 0.2) is 0 Å². The van der Waals surface area contributed by atoms with Crippen molar-refractivity contribution in [2.45, 2.75) is 38.5 Å². The molecule has 0 spiro atoms. The summed E-state index contributed by atoms with van der Waals surface area (Å²) in [5, 5.41) is 5.02. The first-order valence-electron chi connectivity index (χ1n) is 36.9.